The Morgan fingerprint density at radius 1 is 1.00 bits per heavy atom. The van der Waals surface area contributed by atoms with E-state index in [1.165, 1.54) is 6.07 Å². The number of aromatic nitrogens is 3. The highest BCUT2D eigenvalue weighted by Crippen LogP contribution is 2.32. The Morgan fingerprint density at radius 2 is 1.70 bits per heavy atom. The molecule has 0 radical (unpaired) electrons. The summed E-state index contributed by atoms with van der Waals surface area (Å²) in [5.41, 5.74) is -2.02. The van der Waals surface area contributed by atoms with Gasteiger partial charge in [0.15, 0.2) is 0 Å². The van der Waals surface area contributed by atoms with E-state index in [-0.39, 0.29) is 15.9 Å². The summed E-state index contributed by atoms with van der Waals surface area (Å²) in [4.78, 5) is 42.8. The van der Waals surface area contributed by atoms with E-state index in [4.69, 9.17) is 0 Å². The van der Waals surface area contributed by atoms with Crippen molar-refractivity contribution in [3.05, 3.63) is 79.6 Å². The summed E-state index contributed by atoms with van der Waals surface area (Å²) >= 11 is 0. The summed E-state index contributed by atoms with van der Waals surface area (Å²) in [7, 11) is -1.90. The van der Waals surface area contributed by atoms with E-state index in [0.717, 1.165) is 11.5 Å². The van der Waals surface area contributed by atoms with Crippen molar-refractivity contribution in [3.8, 4) is 0 Å². The largest absolute Gasteiger partial charge is 0.316 e. The number of fused-ring (bicyclic) bond motifs is 2. The van der Waals surface area contributed by atoms with Crippen molar-refractivity contribution in [2.75, 3.05) is 0 Å². The molecule has 27 heavy (non-hydrogen) atoms. The van der Waals surface area contributed by atoms with Crippen LogP contribution in [-0.2, 0) is 10.8 Å². The average molecular weight is 382 g/mol. The van der Waals surface area contributed by atoms with Crippen LogP contribution in [0, 0.1) is 10.1 Å². The van der Waals surface area contributed by atoms with E-state index < -0.39 is 32.5 Å². The van der Waals surface area contributed by atoms with Crippen LogP contribution in [0.1, 0.15) is 0 Å². The van der Waals surface area contributed by atoms with Gasteiger partial charge in [0, 0.05) is 29.2 Å². The highest BCUT2D eigenvalue weighted by atomic mass is 32.2. The molecule has 2 heterocycles. The lowest BCUT2D eigenvalue weighted by molar-refractivity contribution is -0.387. The summed E-state index contributed by atoms with van der Waals surface area (Å²) in [5, 5.41) is 12.9. The molecule has 2 aromatic heterocycles. The number of nitro groups is 1. The standard InChI is InChI=1S/C17H10N4O5S/c22-16-17(23)20-12-7-15(13(21(24)25)6-11(12)19-16)27(26)14-3-1-2-9-8-18-5-4-10(9)14/h1-8H,(H,19,22)(H,20,23). The highest BCUT2D eigenvalue weighted by molar-refractivity contribution is 7.85. The van der Waals surface area contributed by atoms with Crippen LogP contribution in [-0.4, -0.2) is 24.1 Å². The second-order valence-electron chi connectivity index (χ2n) is 5.65. The van der Waals surface area contributed by atoms with Crippen LogP contribution in [0.15, 0.2) is 68.2 Å². The predicted octanol–water partition coefficient (Wildman–Crippen LogP) is 1.84. The van der Waals surface area contributed by atoms with Gasteiger partial charge in [0.25, 0.3) is 5.69 Å². The van der Waals surface area contributed by atoms with Gasteiger partial charge in [-0.25, -0.2) is 4.21 Å². The first-order valence-corrected chi connectivity index (χ1v) is 8.80. The van der Waals surface area contributed by atoms with Crippen LogP contribution >= 0.6 is 0 Å². The molecule has 9 nitrogen and oxygen atoms in total. The van der Waals surface area contributed by atoms with Crippen molar-refractivity contribution in [1.29, 1.82) is 0 Å². The van der Waals surface area contributed by atoms with Crippen LogP contribution in [0.2, 0.25) is 0 Å². The Kier molecular flexibility index (Phi) is 3.89. The third kappa shape index (κ3) is 2.81. The fourth-order valence-corrected chi connectivity index (χ4v) is 4.17. The van der Waals surface area contributed by atoms with Crippen LogP contribution in [0.4, 0.5) is 5.69 Å². The van der Waals surface area contributed by atoms with Gasteiger partial charge in [-0.3, -0.25) is 24.7 Å². The maximum absolute atomic E-state index is 13.2. The van der Waals surface area contributed by atoms with Gasteiger partial charge in [-0.15, -0.1) is 0 Å². The van der Waals surface area contributed by atoms with E-state index in [1.807, 2.05) is 0 Å². The van der Waals surface area contributed by atoms with E-state index in [0.29, 0.717) is 10.3 Å². The van der Waals surface area contributed by atoms with Crippen molar-refractivity contribution >= 4 is 38.3 Å². The topological polar surface area (TPSA) is 139 Å². The second kappa shape index (κ2) is 6.25. The Morgan fingerprint density at radius 3 is 2.41 bits per heavy atom. The molecule has 1 atom stereocenters. The fraction of sp³-hybridized carbons (Fsp3) is 0. The molecule has 0 saturated carbocycles. The van der Waals surface area contributed by atoms with Gasteiger partial charge in [-0.2, -0.15) is 0 Å². The number of H-pyrrole nitrogens is 2. The van der Waals surface area contributed by atoms with Crippen molar-refractivity contribution in [1.82, 2.24) is 15.0 Å². The Labute approximate surface area is 152 Å². The van der Waals surface area contributed by atoms with Crippen LogP contribution in [0.3, 0.4) is 0 Å². The van der Waals surface area contributed by atoms with E-state index >= 15 is 0 Å². The number of pyridine rings is 1. The average Bonchev–Trinajstić information content (AvgIpc) is 2.67. The van der Waals surface area contributed by atoms with E-state index in [1.54, 1.807) is 36.7 Å². The molecule has 0 aliphatic carbocycles. The number of aromatic amines is 2. The van der Waals surface area contributed by atoms with Gasteiger partial charge in [-0.05, 0) is 18.2 Å². The number of hydrogen-bond donors (Lipinski definition) is 2. The Balaban J connectivity index is 2.01. The normalized spacial score (nSPS) is 12.3. The Bertz CT molecular complexity index is 1370. The molecule has 10 heteroatoms. The summed E-state index contributed by atoms with van der Waals surface area (Å²) < 4.78 is 13.2. The molecule has 4 aromatic rings. The monoisotopic (exact) mass is 382 g/mol. The minimum absolute atomic E-state index is 0.0779. The van der Waals surface area contributed by atoms with Crippen LogP contribution in [0.25, 0.3) is 21.8 Å². The maximum atomic E-state index is 13.2. The van der Waals surface area contributed by atoms with Gasteiger partial charge in [0.05, 0.1) is 31.7 Å². The minimum Gasteiger partial charge on any atom is -0.316 e. The number of hydrogen-bond acceptors (Lipinski definition) is 6. The highest BCUT2D eigenvalue weighted by Gasteiger charge is 2.23. The summed E-state index contributed by atoms with van der Waals surface area (Å²) in [6, 6.07) is 9.11. The molecule has 0 aliphatic heterocycles. The van der Waals surface area contributed by atoms with Crippen LogP contribution in [0.5, 0.6) is 0 Å². The SMILES string of the molecule is O=c1[nH]c2cc([N+](=O)[O-])c(S(=O)c3cccc4cnccc34)cc2[nH]c1=O. The molecule has 0 fully saturated rings. The second-order valence-corrected chi connectivity index (χ2v) is 7.07. The quantitative estimate of drug-likeness (QED) is 0.315. The van der Waals surface area contributed by atoms with E-state index in [2.05, 4.69) is 15.0 Å². The van der Waals surface area contributed by atoms with Gasteiger partial charge < -0.3 is 9.97 Å². The molecule has 1 unspecified atom stereocenters. The third-order valence-corrected chi connectivity index (χ3v) is 5.52. The number of nitrogens with one attached hydrogen (secondary N) is 2. The van der Waals surface area contributed by atoms with Gasteiger partial charge in [0.2, 0.25) is 0 Å². The first-order chi connectivity index (χ1) is 13.0. The smallest absolute Gasteiger partial charge is 0.314 e. The molecule has 2 aromatic carbocycles. The lowest BCUT2D eigenvalue weighted by atomic mass is 10.2. The summed E-state index contributed by atoms with van der Waals surface area (Å²) in [6.45, 7) is 0. The van der Waals surface area contributed by atoms with E-state index in [9.17, 15) is 23.9 Å². The number of nitrogens with zero attached hydrogens (tertiary/aromatic N) is 2. The fourth-order valence-electron chi connectivity index (χ4n) is 2.80. The molecule has 0 amide bonds. The first kappa shape index (κ1) is 16.8. The maximum Gasteiger partial charge on any atom is 0.314 e. The molecule has 134 valence electrons. The number of nitro benzene ring substituents is 1. The number of rotatable bonds is 3. The molecule has 0 spiro atoms. The van der Waals surface area contributed by atoms with Crippen LogP contribution < -0.4 is 11.1 Å². The van der Waals surface area contributed by atoms with Gasteiger partial charge in [0.1, 0.15) is 4.90 Å². The minimum atomic E-state index is -1.90. The zero-order valence-corrected chi connectivity index (χ0v) is 14.3. The molecule has 0 aliphatic rings. The zero-order valence-electron chi connectivity index (χ0n) is 13.5. The summed E-state index contributed by atoms with van der Waals surface area (Å²) in [5.74, 6) is 0. The molecule has 0 bridgehead atoms. The Hall–Kier alpha value is -3.66. The lowest BCUT2D eigenvalue weighted by Crippen LogP contribution is -2.29. The summed E-state index contributed by atoms with van der Waals surface area (Å²) in [6.07, 6.45) is 3.15. The van der Waals surface area contributed by atoms with Crippen molar-refractivity contribution in [2.24, 2.45) is 0 Å². The third-order valence-electron chi connectivity index (χ3n) is 4.04. The molecule has 4 rings (SSSR count). The van der Waals surface area contributed by atoms with Gasteiger partial charge >= 0.3 is 11.1 Å². The first-order valence-electron chi connectivity index (χ1n) is 7.65. The van der Waals surface area contributed by atoms with Crippen molar-refractivity contribution < 1.29 is 9.13 Å². The van der Waals surface area contributed by atoms with Crippen molar-refractivity contribution in [2.45, 2.75) is 9.79 Å². The lowest BCUT2D eigenvalue weighted by Gasteiger charge is -2.08. The number of benzene rings is 2. The molecular formula is C17H10N4O5S. The van der Waals surface area contributed by atoms with Crippen molar-refractivity contribution in [3.63, 3.8) is 0 Å². The predicted molar refractivity (Wildman–Crippen MR) is 98.3 cm³/mol. The zero-order chi connectivity index (χ0) is 19.1. The molecule has 0 saturated heterocycles. The van der Waals surface area contributed by atoms with Gasteiger partial charge in [-0.1, -0.05) is 12.1 Å². The molecule has 2 N–H and O–H groups in total. The molecular weight excluding hydrogens is 372 g/mol.